The van der Waals surface area contributed by atoms with Gasteiger partial charge >= 0.3 is 0 Å². The third-order valence-corrected chi connectivity index (χ3v) is 5.14. The molecular weight excluding hydrogens is 288 g/mol. The highest BCUT2D eigenvalue weighted by molar-refractivity contribution is 9.10. The van der Waals surface area contributed by atoms with E-state index < -0.39 is 0 Å². The molecule has 0 aliphatic heterocycles. The lowest BCUT2D eigenvalue weighted by Crippen LogP contribution is -2.25. The summed E-state index contributed by atoms with van der Waals surface area (Å²) in [6, 6.07) is 6.19. The Labute approximate surface area is 119 Å². The van der Waals surface area contributed by atoms with Crippen molar-refractivity contribution < 1.29 is 5.11 Å². The van der Waals surface area contributed by atoms with Crippen LogP contribution in [-0.4, -0.2) is 5.11 Å². The van der Waals surface area contributed by atoms with Crippen molar-refractivity contribution in [2.24, 2.45) is 17.8 Å². The molecule has 1 saturated carbocycles. The van der Waals surface area contributed by atoms with E-state index in [1.807, 2.05) is 6.07 Å². The van der Waals surface area contributed by atoms with Gasteiger partial charge in [0.25, 0.3) is 0 Å². The lowest BCUT2D eigenvalue weighted by Gasteiger charge is -2.35. The van der Waals surface area contributed by atoms with Gasteiger partial charge in [0.15, 0.2) is 0 Å². The molecule has 4 unspecified atom stereocenters. The third kappa shape index (κ3) is 2.97. The van der Waals surface area contributed by atoms with Gasteiger partial charge in [-0.05, 0) is 60.8 Å². The fourth-order valence-electron chi connectivity index (χ4n) is 3.06. The summed E-state index contributed by atoms with van der Waals surface area (Å²) in [7, 11) is 0. The van der Waals surface area contributed by atoms with E-state index in [9.17, 15) is 5.11 Å². The molecule has 1 fully saturated rings. The second-order valence-corrected chi connectivity index (χ2v) is 6.89. The van der Waals surface area contributed by atoms with Crippen molar-refractivity contribution >= 4 is 15.9 Å². The number of benzene rings is 1. The van der Waals surface area contributed by atoms with E-state index in [1.54, 1.807) is 0 Å². The highest BCUT2D eigenvalue weighted by Crippen LogP contribution is 2.40. The molecule has 1 N–H and O–H groups in total. The molecule has 0 bridgehead atoms. The van der Waals surface area contributed by atoms with E-state index in [2.05, 4.69) is 48.8 Å². The molecule has 4 atom stereocenters. The highest BCUT2D eigenvalue weighted by atomic mass is 79.9. The van der Waals surface area contributed by atoms with E-state index in [4.69, 9.17) is 0 Å². The summed E-state index contributed by atoms with van der Waals surface area (Å²) < 4.78 is 1.05. The topological polar surface area (TPSA) is 20.2 Å². The molecule has 1 aromatic rings. The zero-order valence-electron chi connectivity index (χ0n) is 11.5. The van der Waals surface area contributed by atoms with Crippen molar-refractivity contribution in [2.75, 3.05) is 0 Å². The van der Waals surface area contributed by atoms with Crippen LogP contribution >= 0.6 is 15.9 Å². The van der Waals surface area contributed by atoms with Gasteiger partial charge in [-0.15, -0.1) is 0 Å². The predicted octanol–water partition coefficient (Wildman–Crippen LogP) is 4.86. The molecule has 1 aromatic carbocycles. The molecule has 0 saturated heterocycles. The SMILES string of the molecule is Cc1ccc(Br)cc1C(O)C1CCC(C)C(C)C1. The van der Waals surface area contributed by atoms with Crippen LogP contribution in [0.15, 0.2) is 22.7 Å². The molecule has 2 rings (SSSR count). The number of halogens is 1. The van der Waals surface area contributed by atoms with Crippen molar-refractivity contribution in [1.29, 1.82) is 0 Å². The maximum absolute atomic E-state index is 10.6. The first-order chi connectivity index (χ1) is 8.49. The first kappa shape index (κ1) is 14.1. The predicted molar refractivity (Wildman–Crippen MR) is 79.5 cm³/mol. The molecular formula is C16H23BrO. The number of aryl methyl sites for hydroxylation is 1. The van der Waals surface area contributed by atoms with Gasteiger partial charge in [-0.1, -0.05) is 42.3 Å². The molecule has 100 valence electrons. The van der Waals surface area contributed by atoms with Gasteiger partial charge in [-0.3, -0.25) is 0 Å². The zero-order valence-corrected chi connectivity index (χ0v) is 13.1. The Morgan fingerprint density at radius 2 is 1.94 bits per heavy atom. The molecule has 0 radical (unpaired) electrons. The average Bonchev–Trinajstić information content (AvgIpc) is 2.35. The van der Waals surface area contributed by atoms with Gasteiger partial charge in [-0.25, -0.2) is 0 Å². The van der Waals surface area contributed by atoms with E-state index >= 15 is 0 Å². The molecule has 0 spiro atoms. The Hall–Kier alpha value is -0.340. The minimum atomic E-state index is -0.308. The Morgan fingerprint density at radius 1 is 1.22 bits per heavy atom. The monoisotopic (exact) mass is 310 g/mol. The second kappa shape index (κ2) is 5.75. The van der Waals surface area contributed by atoms with Crippen molar-refractivity contribution in [3.05, 3.63) is 33.8 Å². The number of rotatable bonds is 2. The Kier molecular flexibility index (Phi) is 4.50. The molecule has 1 aliphatic rings. The number of hydrogen-bond donors (Lipinski definition) is 1. The lowest BCUT2D eigenvalue weighted by molar-refractivity contribution is 0.0556. The van der Waals surface area contributed by atoms with Crippen LogP contribution in [0.5, 0.6) is 0 Å². The molecule has 0 amide bonds. The fourth-order valence-corrected chi connectivity index (χ4v) is 3.44. The number of aliphatic hydroxyl groups excluding tert-OH is 1. The normalized spacial score (nSPS) is 30.2. The fraction of sp³-hybridized carbons (Fsp3) is 0.625. The zero-order chi connectivity index (χ0) is 13.3. The minimum Gasteiger partial charge on any atom is -0.388 e. The second-order valence-electron chi connectivity index (χ2n) is 5.97. The first-order valence-electron chi connectivity index (χ1n) is 6.93. The summed E-state index contributed by atoms with van der Waals surface area (Å²) in [4.78, 5) is 0. The van der Waals surface area contributed by atoms with Gasteiger partial charge in [0, 0.05) is 4.47 Å². The number of hydrogen-bond acceptors (Lipinski definition) is 1. The number of aliphatic hydroxyl groups is 1. The van der Waals surface area contributed by atoms with Crippen LogP contribution in [0.1, 0.15) is 50.3 Å². The maximum atomic E-state index is 10.6. The van der Waals surface area contributed by atoms with Crippen LogP contribution in [-0.2, 0) is 0 Å². The van der Waals surface area contributed by atoms with Gasteiger partial charge in [-0.2, -0.15) is 0 Å². The van der Waals surface area contributed by atoms with Crippen LogP contribution in [0.2, 0.25) is 0 Å². The van der Waals surface area contributed by atoms with Gasteiger partial charge < -0.3 is 5.11 Å². The highest BCUT2D eigenvalue weighted by Gasteiger charge is 2.30. The van der Waals surface area contributed by atoms with Crippen LogP contribution in [0.4, 0.5) is 0 Å². The van der Waals surface area contributed by atoms with E-state index in [0.717, 1.165) is 34.7 Å². The molecule has 18 heavy (non-hydrogen) atoms. The minimum absolute atomic E-state index is 0.308. The molecule has 0 aromatic heterocycles. The molecule has 2 heteroatoms. The first-order valence-corrected chi connectivity index (χ1v) is 7.72. The smallest absolute Gasteiger partial charge is 0.0821 e. The summed E-state index contributed by atoms with van der Waals surface area (Å²) in [6.07, 6.45) is 3.24. The maximum Gasteiger partial charge on any atom is 0.0821 e. The van der Waals surface area contributed by atoms with E-state index in [-0.39, 0.29) is 6.10 Å². The largest absolute Gasteiger partial charge is 0.388 e. The summed E-state index contributed by atoms with van der Waals surface area (Å²) in [5.41, 5.74) is 2.29. The van der Waals surface area contributed by atoms with Crippen molar-refractivity contribution in [3.63, 3.8) is 0 Å². The van der Waals surface area contributed by atoms with Crippen LogP contribution in [0.25, 0.3) is 0 Å². The summed E-state index contributed by atoms with van der Waals surface area (Å²) in [6.45, 7) is 6.73. The van der Waals surface area contributed by atoms with Gasteiger partial charge in [0.1, 0.15) is 0 Å². The summed E-state index contributed by atoms with van der Waals surface area (Å²) >= 11 is 3.50. The van der Waals surface area contributed by atoms with E-state index in [1.165, 1.54) is 12.0 Å². The third-order valence-electron chi connectivity index (χ3n) is 4.65. The Morgan fingerprint density at radius 3 is 2.61 bits per heavy atom. The van der Waals surface area contributed by atoms with Gasteiger partial charge in [0.05, 0.1) is 6.10 Å². The summed E-state index contributed by atoms with van der Waals surface area (Å²) in [5.74, 6) is 1.95. The average molecular weight is 311 g/mol. The summed E-state index contributed by atoms with van der Waals surface area (Å²) in [5, 5.41) is 10.6. The van der Waals surface area contributed by atoms with Crippen molar-refractivity contribution in [2.45, 2.75) is 46.1 Å². The van der Waals surface area contributed by atoms with E-state index in [0.29, 0.717) is 5.92 Å². The Balaban J connectivity index is 2.16. The molecule has 1 aliphatic carbocycles. The van der Waals surface area contributed by atoms with Gasteiger partial charge in [0.2, 0.25) is 0 Å². The molecule has 0 heterocycles. The lowest BCUT2D eigenvalue weighted by atomic mass is 9.72. The molecule has 1 nitrogen and oxygen atoms in total. The quantitative estimate of drug-likeness (QED) is 0.826. The van der Waals surface area contributed by atoms with Crippen LogP contribution in [0, 0.1) is 24.7 Å². The van der Waals surface area contributed by atoms with Crippen LogP contribution in [0.3, 0.4) is 0 Å². The Bertz CT molecular complexity index is 416. The standard InChI is InChI=1S/C16H23BrO/c1-10-4-6-13(8-12(10)3)16(18)15-9-14(17)7-5-11(15)2/h5,7,9-10,12-13,16,18H,4,6,8H2,1-3H3. The van der Waals surface area contributed by atoms with Crippen molar-refractivity contribution in [3.8, 4) is 0 Å². The van der Waals surface area contributed by atoms with Crippen LogP contribution < -0.4 is 0 Å². The van der Waals surface area contributed by atoms with Crippen molar-refractivity contribution in [1.82, 2.24) is 0 Å².